The van der Waals surface area contributed by atoms with Crippen molar-refractivity contribution in [3.8, 4) is 5.69 Å². The molecular formula is C21H17FN4O3S2. The van der Waals surface area contributed by atoms with Crippen LogP contribution in [0.25, 0.3) is 16.0 Å². The van der Waals surface area contributed by atoms with Crippen LogP contribution in [0.1, 0.15) is 5.56 Å². The van der Waals surface area contributed by atoms with Gasteiger partial charge < -0.3 is 5.32 Å². The van der Waals surface area contributed by atoms with E-state index in [1.165, 1.54) is 30.0 Å². The van der Waals surface area contributed by atoms with E-state index in [0.29, 0.717) is 10.0 Å². The topological polar surface area (TPSA) is 86.0 Å². The molecule has 0 fully saturated rings. The zero-order valence-electron chi connectivity index (χ0n) is 16.6. The predicted octanol–water partition coefficient (Wildman–Crippen LogP) is 3.42. The number of halogens is 1. The molecule has 0 saturated carbocycles. The van der Waals surface area contributed by atoms with Gasteiger partial charge in [0.2, 0.25) is 5.91 Å². The molecule has 7 nitrogen and oxygen atoms in total. The fraction of sp³-hybridized carbons (Fsp3) is 0.143. The smallest absolute Gasteiger partial charge is 0.322 e. The number of para-hydroxylation sites is 1. The highest BCUT2D eigenvalue weighted by Gasteiger charge is 2.20. The number of aromatic nitrogens is 3. The number of hydrogen-bond acceptors (Lipinski definition) is 6. The molecule has 10 heteroatoms. The summed E-state index contributed by atoms with van der Waals surface area (Å²) in [6.45, 7) is 1.47. The lowest BCUT2D eigenvalue weighted by molar-refractivity contribution is -0.116. The van der Waals surface area contributed by atoms with Gasteiger partial charge in [-0.1, -0.05) is 41.6 Å². The minimum atomic E-state index is -0.692. The summed E-state index contributed by atoms with van der Waals surface area (Å²) < 4.78 is 16.9. The van der Waals surface area contributed by atoms with Gasteiger partial charge in [-0.2, -0.15) is 0 Å². The third kappa shape index (κ3) is 4.04. The van der Waals surface area contributed by atoms with E-state index in [4.69, 9.17) is 0 Å². The normalized spacial score (nSPS) is 11.1. The van der Waals surface area contributed by atoms with E-state index < -0.39 is 29.5 Å². The van der Waals surface area contributed by atoms with Crippen molar-refractivity contribution >= 4 is 45.0 Å². The Morgan fingerprint density at radius 1 is 1.16 bits per heavy atom. The van der Waals surface area contributed by atoms with Crippen LogP contribution in [0, 0.1) is 12.7 Å². The second kappa shape index (κ2) is 8.48. The lowest BCUT2D eigenvalue weighted by Crippen LogP contribution is -2.40. The lowest BCUT2D eigenvalue weighted by atomic mass is 10.2. The van der Waals surface area contributed by atoms with Crippen molar-refractivity contribution in [2.75, 3.05) is 11.6 Å². The van der Waals surface area contributed by atoms with Gasteiger partial charge in [0.15, 0.2) is 9.99 Å². The number of hydrogen-bond donors (Lipinski definition) is 1. The summed E-state index contributed by atoms with van der Waals surface area (Å²) in [7, 11) is 0. The van der Waals surface area contributed by atoms with Crippen LogP contribution < -0.4 is 16.6 Å². The maximum atomic E-state index is 13.9. The van der Waals surface area contributed by atoms with E-state index >= 15 is 0 Å². The molecule has 2 aromatic heterocycles. The molecule has 31 heavy (non-hydrogen) atoms. The van der Waals surface area contributed by atoms with Gasteiger partial charge >= 0.3 is 5.69 Å². The highest BCUT2D eigenvalue weighted by atomic mass is 32.2. The first-order valence-electron chi connectivity index (χ1n) is 9.21. The van der Waals surface area contributed by atoms with Gasteiger partial charge in [0, 0.05) is 0 Å². The molecule has 0 aliphatic carbocycles. The number of rotatable bonds is 5. The molecule has 2 aromatic carbocycles. The molecule has 1 N–H and O–H groups in total. The number of benzene rings is 2. The van der Waals surface area contributed by atoms with Crippen LogP contribution in [0.4, 0.5) is 10.1 Å². The van der Waals surface area contributed by atoms with Crippen LogP contribution in [0.15, 0.2) is 62.5 Å². The third-order valence-electron chi connectivity index (χ3n) is 4.58. The van der Waals surface area contributed by atoms with Gasteiger partial charge in [-0.3, -0.25) is 14.2 Å². The average molecular weight is 457 g/mol. The minimum absolute atomic E-state index is 0.00623. The van der Waals surface area contributed by atoms with E-state index in [9.17, 15) is 18.8 Å². The summed E-state index contributed by atoms with van der Waals surface area (Å²) in [4.78, 5) is 43.4. The summed E-state index contributed by atoms with van der Waals surface area (Å²) in [5.74, 6) is -1.20. The number of anilines is 1. The largest absolute Gasteiger partial charge is 0.337 e. The SMILES string of the molecule is CSc1nc2c(s1)c(=O)n(-c1ccc(C)cc1)c(=O)n2CC(=O)Nc1ccccc1F. The fourth-order valence-electron chi connectivity index (χ4n) is 3.06. The molecule has 2 heterocycles. The molecule has 0 unspecified atom stereocenters. The van der Waals surface area contributed by atoms with Crippen molar-refractivity contribution in [3.05, 3.63) is 80.7 Å². The quantitative estimate of drug-likeness (QED) is 0.465. The van der Waals surface area contributed by atoms with E-state index in [1.54, 1.807) is 30.3 Å². The number of thioether (sulfide) groups is 1. The molecule has 0 aliphatic heterocycles. The zero-order valence-corrected chi connectivity index (χ0v) is 18.2. The van der Waals surface area contributed by atoms with Crippen LogP contribution in [-0.2, 0) is 11.3 Å². The van der Waals surface area contributed by atoms with Crippen molar-refractivity contribution in [1.29, 1.82) is 0 Å². The fourth-order valence-corrected chi connectivity index (χ4v) is 4.56. The van der Waals surface area contributed by atoms with Crippen LogP contribution in [0.5, 0.6) is 0 Å². The second-order valence-corrected chi connectivity index (χ2v) is 8.76. The van der Waals surface area contributed by atoms with Crippen molar-refractivity contribution < 1.29 is 9.18 Å². The Bertz CT molecular complexity index is 1410. The van der Waals surface area contributed by atoms with Crippen LogP contribution >= 0.6 is 23.1 Å². The van der Waals surface area contributed by atoms with E-state index in [2.05, 4.69) is 10.3 Å². The van der Waals surface area contributed by atoms with E-state index in [-0.39, 0.29) is 16.0 Å². The van der Waals surface area contributed by atoms with Gasteiger partial charge in [-0.15, -0.1) is 11.3 Å². The molecule has 0 saturated heterocycles. The molecule has 0 aliphatic rings. The van der Waals surface area contributed by atoms with Crippen molar-refractivity contribution in [1.82, 2.24) is 14.1 Å². The predicted molar refractivity (Wildman–Crippen MR) is 121 cm³/mol. The zero-order chi connectivity index (χ0) is 22.1. The molecule has 0 spiro atoms. The highest BCUT2D eigenvalue weighted by molar-refractivity contribution is 8.00. The number of carbonyl (C=O) groups excluding carboxylic acids is 1. The number of thiazole rings is 1. The Labute approximate surface area is 184 Å². The first-order valence-corrected chi connectivity index (χ1v) is 11.2. The summed E-state index contributed by atoms with van der Waals surface area (Å²) in [6.07, 6.45) is 1.81. The number of nitrogens with zero attached hydrogens (tertiary/aromatic N) is 3. The molecule has 4 aromatic rings. The Hall–Kier alpha value is -3.24. The Kier molecular flexibility index (Phi) is 5.75. The highest BCUT2D eigenvalue weighted by Crippen LogP contribution is 2.25. The first-order chi connectivity index (χ1) is 14.9. The molecule has 0 radical (unpaired) electrons. The van der Waals surface area contributed by atoms with Gasteiger partial charge in [0.25, 0.3) is 5.56 Å². The third-order valence-corrected chi connectivity index (χ3v) is 6.60. The summed E-state index contributed by atoms with van der Waals surface area (Å²) >= 11 is 2.50. The number of nitrogens with one attached hydrogen (secondary N) is 1. The Balaban J connectivity index is 1.85. The lowest BCUT2D eigenvalue weighted by Gasteiger charge is -2.12. The van der Waals surface area contributed by atoms with Gasteiger partial charge in [0.1, 0.15) is 17.1 Å². The van der Waals surface area contributed by atoms with Crippen molar-refractivity contribution in [3.63, 3.8) is 0 Å². The van der Waals surface area contributed by atoms with Gasteiger partial charge in [-0.25, -0.2) is 18.7 Å². The number of amides is 1. The standard InChI is InChI=1S/C21H17FN4O3S2/c1-12-7-9-13(10-8-12)26-19(28)17-18(24-20(30-2)31-17)25(21(26)29)11-16(27)23-15-6-4-3-5-14(15)22/h3-10H,11H2,1-2H3,(H,23,27). The first kappa shape index (κ1) is 21.0. The summed E-state index contributed by atoms with van der Waals surface area (Å²) in [5.41, 5.74) is 0.327. The van der Waals surface area contributed by atoms with Crippen LogP contribution in [0.2, 0.25) is 0 Å². The Morgan fingerprint density at radius 3 is 2.55 bits per heavy atom. The number of carbonyl (C=O) groups is 1. The number of fused-ring (bicyclic) bond motifs is 1. The molecule has 0 atom stereocenters. The molecule has 158 valence electrons. The van der Waals surface area contributed by atoms with Crippen LogP contribution in [0.3, 0.4) is 0 Å². The summed E-state index contributed by atoms with van der Waals surface area (Å²) in [5, 5.41) is 2.46. The maximum absolute atomic E-state index is 13.9. The van der Waals surface area contributed by atoms with Gasteiger partial charge in [0.05, 0.1) is 11.4 Å². The second-order valence-electron chi connectivity index (χ2n) is 6.71. The van der Waals surface area contributed by atoms with E-state index in [0.717, 1.165) is 26.0 Å². The van der Waals surface area contributed by atoms with E-state index in [1.807, 2.05) is 13.2 Å². The molecule has 4 rings (SSSR count). The number of aryl methyl sites for hydroxylation is 1. The molecule has 0 bridgehead atoms. The average Bonchev–Trinajstić information content (AvgIpc) is 3.19. The molecular weight excluding hydrogens is 439 g/mol. The maximum Gasteiger partial charge on any atom is 0.337 e. The van der Waals surface area contributed by atoms with Crippen LogP contribution in [-0.4, -0.2) is 26.3 Å². The molecule has 1 amide bonds. The summed E-state index contributed by atoms with van der Waals surface area (Å²) in [6, 6.07) is 12.7. The minimum Gasteiger partial charge on any atom is -0.322 e. The van der Waals surface area contributed by atoms with Gasteiger partial charge in [-0.05, 0) is 37.4 Å². The van der Waals surface area contributed by atoms with Crippen molar-refractivity contribution in [2.24, 2.45) is 0 Å². The van der Waals surface area contributed by atoms with Crippen molar-refractivity contribution in [2.45, 2.75) is 17.8 Å². The Morgan fingerprint density at radius 2 is 1.87 bits per heavy atom. The monoisotopic (exact) mass is 456 g/mol.